The highest BCUT2D eigenvalue weighted by atomic mass is 32.2. The number of amides is 2. The molecule has 1 aliphatic heterocycles. The number of aryl methyl sites for hydroxylation is 1. The van der Waals surface area contributed by atoms with Gasteiger partial charge in [0.2, 0.25) is 11.8 Å². The van der Waals surface area contributed by atoms with Crippen LogP contribution in [0.2, 0.25) is 0 Å². The quantitative estimate of drug-likeness (QED) is 0.615. The van der Waals surface area contributed by atoms with E-state index in [1.165, 1.54) is 31.2 Å². The number of nitrogens with zero attached hydrogens (tertiary/aromatic N) is 2. The van der Waals surface area contributed by atoms with E-state index in [9.17, 15) is 22.8 Å². The highest BCUT2D eigenvalue weighted by Gasteiger charge is 2.30. The number of sulfonamides is 1. The van der Waals surface area contributed by atoms with Crippen molar-refractivity contribution in [3.8, 4) is 0 Å². The van der Waals surface area contributed by atoms with Gasteiger partial charge in [0.05, 0.1) is 21.2 Å². The molecule has 2 heterocycles. The van der Waals surface area contributed by atoms with Gasteiger partial charge in [0.25, 0.3) is 10.0 Å². The van der Waals surface area contributed by atoms with E-state index in [1.807, 2.05) is 0 Å². The molecule has 1 saturated heterocycles. The summed E-state index contributed by atoms with van der Waals surface area (Å²) in [6.45, 7) is 3.02. The number of hydrogen-bond acceptors (Lipinski definition) is 7. The van der Waals surface area contributed by atoms with Crippen LogP contribution < -0.4 is 9.62 Å². The smallest absolute Gasteiger partial charge is 0.263 e. The fraction of sp³-hybridized carbons (Fsp3) is 0.250. The highest BCUT2D eigenvalue weighted by molar-refractivity contribution is 7.93. The van der Waals surface area contributed by atoms with Gasteiger partial charge >= 0.3 is 0 Å². The number of carbonyl (C=O) groups excluding carboxylic acids is 3. The Morgan fingerprint density at radius 1 is 1.15 bits per heavy atom. The van der Waals surface area contributed by atoms with E-state index < -0.39 is 10.0 Å². The van der Waals surface area contributed by atoms with Crippen LogP contribution in [-0.2, 0) is 19.6 Å². The third kappa shape index (κ3) is 3.37. The Bertz CT molecular complexity index is 993. The molecule has 0 bridgehead atoms. The van der Waals surface area contributed by atoms with Gasteiger partial charge in [-0.1, -0.05) is 11.3 Å². The number of carbonyl (C=O) groups is 3. The Morgan fingerprint density at radius 3 is 2.23 bits per heavy atom. The summed E-state index contributed by atoms with van der Waals surface area (Å²) in [7, 11) is -3.91. The monoisotopic (exact) mass is 393 g/mol. The lowest BCUT2D eigenvalue weighted by molar-refractivity contribution is -0.121. The molecule has 136 valence electrons. The van der Waals surface area contributed by atoms with E-state index in [2.05, 4.69) is 9.71 Å². The molecule has 0 saturated carbocycles. The first kappa shape index (κ1) is 18.2. The highest BCUT2D eigenvalue weighted by Crippen LogP contribution is 2.27. The van der Waals surface area contributed by atoms with E-state index >= 15 is 0 Å². The molecule has 3 rings (SSSR count). The molecule has 2 amide bonds. The lowest BCUT2D eigenvalue weighted by atomic mass is 10.3. The summed E-state index contributed by atoms with van der Waals surface area (Å²) in [4.78, 5) is 40.4. The summed E-state index contributed by atoms with van der Waals surface area (Å²) in [5.74, 6) is -0.799. The molecule has 0 unspecified atom stereocenters. The average Bonchev–Trinajstić information content (AvgIpc) is 3.09. The van der Waals surface area contributed by atoms with Crippen LogP contribution in [0.25, 0.3) is 0 Å². The largest absolute Gasteiger partial charge is 0.294 e. The van der Waals surface area contributed by atoms with Crippen LogP contribution >= 0.6 is 11.3 Å². The molecule has 26 heavy (non-hydrogen) atoms. The predicted molar refractivity (Wildman–Crippen MR) is 95.8 cm³/mol. The fourth-order valence-electron chi connectivity index (χ4n) is 2.58. The number of Topliss-reactive ketones (excluding diaryl/α,β-unsaturated/α-hetero) is 1. The molecule has 1 fully saturated rings. The van der Waals surface area contributed by atoms with Crippen molar-refractivity contribution < 1.29 is 22.8 Å². The number of ketones is 1. The van der Waals surface area contributed by atoms with Gasteiger partial charge in [0.1, 0.15) is 0 Å². The van der Waals surface area contributed by atoms with Crippen molar-refractivity contribution in [2.24, 2.45) is 0 Å². The zero-order valence-corrected chi connectivity index (χ0v) is 15.6. The molecule has 1 aromatic heterocycles. The summed E-state index contributed by atoms with van der Waals surface area (Å²) in [6.07, 6.45) is 0.310. The Hall–Kier alpha value is -2.59. The molecule has 8 nitrogen and oxygen atoms in total. The molecule has 0 atom stereocenters. The lowest BCUT2D eigenvalue weighted by Crippen LogP contribution is -2.28. The number of nitrogens with one attached hydrogen (secondary N) is 1. The van der Waals surface area contributed by atoms with E-state index in [0.717, 1.165) is 16.2 Å². The number of imide groups is 1. The number of thiazole rings is 1. The number of rotatable bonds is 5. The predicted octanol–water partition coefficient (Wildman–Crippen LogP) is 2.11. The van der Waals surface area contributed by atoms with Crippen LogP contribution in [0.15, 0.2) is 29.2 Å². The zero-order valence-electron chi connectivity index (χ0n) is 14.0. The number of hydrogen-bond donors (Lipinski definition) is 1. The van der Waals surface area contributed by atoms with Crippen LogP contribution in [0.5, 0.6) is 0 Å². The summed E-state index contributed by atoms with van der Waals surface area (Å²) in [5, 5.41) is 0.0988. The van der Waals surface area contributed by atoms with Crippen LogP contribution in [0.4, 0.5) is 10.8 Å². The second-order valence-corrected chi connectivity index (χ2v) is 8.39. The fourth-order valence-corrected chi connectivity index (χ4v) is 4.68. The Kier molecular flexibility index (Phi) is 4.63. The standard InChI is InChI=1S/C16H15N3O5S2/c1-9-15(10(2)20)25-16(17-9)18-26(23,24)12-5-3-11(4-6-12)19-13(21)7-8-14(19)22/h3-6H,7-8H2,1-2H3,(H,17,18). The molecular formula is C16H15N3O5S2. The van der Waals surface area contributed by atoms with Crippen LogP contribution in [0, 0.1) is 6.92 Å². The van der Waals surface area contributed by atoms with Crippen molar-refractivity contribution in [1.29, 1.82) is 0 Å². The molecule has 0 spiro atoms. The summed E-state index contributed by atoms with van der Waals surface area (Å²) < 4.78 is 27.3. The maximum absolute atomic E-state index is 12.5. The topological polar surface area (TPSA) is 114 Å². The molecule has 0 aliphatic carbocycles. The van der Waals surface area contributed by atoms with Crippen molar-refractivity contribution in [3.63, 3.8) is 0 Å². The lowest BCUT2D eigenvalue weighted by Gasteiger charge is -2.14. The van der Waals surface area contributed by atoms with Crippen LogP contribution in [0.1, 0.15) is 35.1 Å². The Morgan fingerprint density at radius 2 is 1.73 bits per heavy atom. The SMILES string of the molecule is CC(=O)c1sc(NS(=O)(=O)c2ccc(N3C(=O)CCC3=O)cc2)nc1C. The van der Waals surface area contributed by atoms with Crippen molar-refractivity contribution in [2.45, 2.75) is 31.6 Å². The van der Waals surface area contributed by atoms with Crippen LogP contribution in [0.3, 0.4) is 0 Å². The maximum Gasteiger partial charge on any atom is 0.263 e. The minimum Gasteiger partial charge on any atom is -0.294 e. The van der Waals surface area contributed by atoms with E-state index in [4.69, 9.17) is 0 Å². The number of aromatic nitrogens is 1. The third-order valence-electron chi connectivity index (χ3n) is 3.79. The van der Waals surface area contributed by atoms with Gasteiger partial charge in [-0.3, -0.25) is 24.0 Å². The molecule has 1 N–H and O–H groups in total. The molecule has 1 aromatic carbocycles. The number of benzene rings is 1. The minimum absolute atomic E-state index is 0.0439. The first-order chi connectivity index (χ1) is 12.2. The Labute approximate surface area is 153 Å². The van der Waals surface area contributed by atoms with Gasteiger partial charge in [0, 0.05) is 19.8 Å². The van der Waals surface area contributed by atoms with Crippen molar-refractivity contribution in [3.05, 3.63) is 34.8 Å². The first-order valence-electron chi connectivity index (χ1n) is 7.66. The second-order valence-electron chi connectivity index (χ2n) is 5.71. The van der Waals surface area contributed by atoms with Crippen molar-refractivity contribution in [2.75, 3.05) is 9.62 Å². The van der Waals surface area contributed by atoms with E-state index in [1.54, 1.807) is 6.92 Å². The van der Waals surface area contributed by atoms with Gasteiger partial charge in [-0.2, -0.15) is 0 Å². The molecule has 10 heteroatoms. The minimum atomic E-state index is -3.91. The molecular weight excluding hydrogens is 378 g/mol. The van der Waals surface area contributed by atoms with Gasteiger partial charge in [-0.05, 0) is 31.2 Å². The average molecular weight is 393 g/mol. The number of anilines is 2. The van der Waals surface area contributed by atoms with Crippen molar-refractivity contribution >= 4 is 49.8 Å². The molecule has 2 aromatic rings. The molecule has 0 radical (unpaired) electrons. The van der Waals surface area contributed by atoms with E-state index in [0.29, 0.717) is 16.3 Å². The molecule has 1 aliphatic rings. The van der Waals surface area contributed by atoms with Gasteiger partial charge in [-0.15, -0.1) is 0 Å². The van der Waals surface area contributed by atoms with Crippen molar-refractivity contribution in [1.82, 2.24) is 4.98 Å². The second kappa shape index (κ2) is 6.61. The normalized spacial score (nSPS) is 14.8. The first-order valence-corrected chi connectivity index (χ1v) is 9.96. The van der Waals surface area contributed by atoms with Crippen LogP contribution in [-0.4, -0.2) is 31.0 Å². The van der Waals surface area contributed by atoms with Gasteiger partial charge in [0.15, 0.2) is 10.9 Å². The summed E-state index contributed by atoms with van der Waals surface area (Å²) in [5.41, 5.74) is 0.794. The van der Waals surface area contributed by atoms with Gasteiger partial charge in [-0.25, -0.2) is 13.4 Å². The van der Waals surface area contributed by atoms with Gasteiger partial charge < -0.3 is 0 Å². The zero-order chi connectivity index (χ0) is 19.1. The maximum atomic E-state index is 12.5. The summed E-state index contributed by atoms with van der Waals surface area (Å²) in [6, 6.07) is 5.43. The Balaban J connectivity index is 1.84. The van der Waals surface area contributed by atoms with E-state index in [-0.39, 0.29) is 40.5 Å². The third-order valence-corrected chi connectivity index (χ3v) is 6.45. The summed E-state index contributed by atoms with van der Waals surface area (Å²) >= 11 is 0.965.